The minimum Gasteiger partial charge on any atom is -0.349 e. The lowest BCUT2D eigenvalue weighted by molar-refractivity contribution is -0.141. The molecule has 2 heterocycles. The predicted molar refractivity (Wildman–Crippen MR) is 255 cm³/mol. The van der Waals surface area contributed by atoms with Crippen molar-refractivity contribution >= 4 is 58.9 Å². The second-order valence-corrected chi connectivity index (χ2v) is 18.7. The predicted octanol–water partition coefficient (Wildman–Crippen LogP) is 2.25. The van der Waals surface area contributed by atoms with E-state index < -0.39 is 101 Å². The molecule has 1 saturated heterocycles. The molecule has 1 saturated carbocycles. The minimum absolute atomic E-state index is 0.0284. The topological polar surface area (TPSA) is 270 Å². The second-order valence-electron chi connectivity index (χ2n) is 18.7. The van der Waals surface area contributed by atoms with E-state index in [1.54, 1.807) is 88.4 Å². The zero-order valence-corrected chi connectivity index (χ0v) is 40.1. The van der Waals surface area contributed by atoms with Gasteiger partial charge in [-0.05, 0) is 48.3 Å². The smallest absolute Gasteiger partial charge is 0.321 e. The maximum Gasteiger partial charge on any atom is 0.321 e. The Balaban J connectivity index is 1.32. The molecule has 69 heavy (non-hydrogen) atoms. The van der Waals surface area contributed by atoms with Crippen LogP contribution < -0.4 is 37.2 Å². The molecule has 5 rings (SSSR count). The second kappa shape index (κ2) is 24.7. The molecule has 3 unspecified atom stereocenters. The van der Waals surface area contributed by atoms with Crippen molar-refractivity contribution in [1.29, 1.82) is 0 Å². The molecule has 370 valence electrons. The van der Waals surface area contributed by atoms with E-state index in [4.69, 9.17) is 0 Å². The van der Waals surface area contributed by atoms with Crippen LogP contribution in [0.2, 0.25) is 0 Å². The highest BCUT2D eigenvalue weighted by Crippen LogP contribution is 2.29. The monoisotopic (exact) mass is 951 g/mol. The molecule has 20 nitrogen and oxygen atoms in total. The van der Waals surface area contributed by atoms with E-state index in [1.807, 2.05) is 0 Å². The summed E-state index contributed by atoms with van der Waals surface area (Å²) in [6.07, 6.45) is 8.56. The van der Waals surface area contributed by atoms with Crippen LogP contribution in [0, 0.1) is 17.3 Å². The van der Waals surface area contributed by atoms with Crippen LogP contribution in [0.25, 0.3) is 0 Å². The van der Waals surface area contributed by atoms with Crippen molar-refractivity contribution in [2.75, 3.05) is 39.0 Å². The van der Waals surface area contributed by atoms with E-state index >= 15 is 0 Å². The molecule has 6 atom stereocenters. The molecule has 1 aliphatic carbocycles. The summed E-state index contributed by atoms with van der Waals surface area (Å²) in [7, 11) is 3.08. The SMILES string of the molecule is CCCC(NC(=O)[C@@H]1CN(C(=O)Nc2ccccc2)C[C@@H]1NC(=O)C(NC(=O)C(NC(=O)c1cnccn1)C1CCCCC1)C(C)(C)C)C(=O)C(=O)NCC(=O)N[C@H](C(=O)N(C)C)c1ccccc1. The van der Waals surface area contributed by atoms with Crippen molar-refractivity contribution in [2.24, 2.45) is 17.3 Å². The van der Waals surface area contributed by atoms with E-state index in [9.17, 15) is 43.2 Å². The molecule has 0 spiro atoms. The quantitative estimate of drug-likeness (QED) is 0.0857. The van der Waals surface area contributed by atoms with Gasteiger partial charge in [0, 0.05) is 45.3 Å². The Morgan fingerprint density at radius 2 is 1.46 bits per heavy atom. The Kier molecular flexibility index (Phi) is 18.9. The highest BCUT2D eigenvalue weighted by molar-refractivity contribution is 6.38. The van der Waals surface area contributed by atoms with E-state index in [0.717, 1.165) is 19.3 Å². The zero-order chi connectivity index (χ0) is 50.3. The molecular formula is C49H65N11O9. The standard InChI is InChI=1S/C49H65N11O9/c1-7-17-34(40(62)45(66)52-27-37(61)56-39(47(68)59(5)6)31-20-13-9-14-21-31)54-42(63)33-28-60(48(69)53-32-22-15-10-16-23-32)29-36(33)55-46(67)41(49(2,3)4)58-44(65)38(30-18-11-8-12-19-30)57-43(64)35-26-50-24-25-51-35/h9-10,13-16,20-26,30,33-34,36,38-39,41H,7-8,11-12,17-19,27-29H2,1-6H3,(H,52,66)(H,53,69)(H,54,63)(H,55,67)(H,56,61)(H,57,64)(H,58,65)/t33-,34?,36+,38?,39+,41?/m1/s1. The molecule has 1 aromatic heterocycles. The molecule has 9 amide bonds. The molecule has 2 aromatic carbocycles. The number of rotatable bonds is 19. The van der Waals surface area contributed by atoms with E-state index in [2.05, 4.69) is 47.2 Å². The Labute approximate surface area is 402 Å². The van der Waals surface area contributed by atoms with Gasteiger partial charge in [-0.2, -0.15) is 0 Å². The van der Waals surface area contributed by atoms with Crippen LogP contribution in [0.5, 0.6) is 0 Å². The molecule has 2 fully saturated rings. The minimum atomic E-state index is -1.35. The number of urea groups is 1. The van der Waals surface area contributed by atoms with Crippen molar-refractivity contribution in [2.45, 2.75) is 103 Å². The lowest BCUT2D eigenvalue weighted by atomic mass is 9.82. The number of nitrogens with one attached hydrogen (secondary N) is 7. The van der Waals surface area contributed by atoms with Gasteiger partial charge in [-0.15, -0.1) is 0 Å². The zero-order valence-electron chi connectivity index (χ0n) is 40.1. The number of hydrogen-bond acceptors (Lipinski definition) is 11. The summed E-state index contributed by atoms with van der Waals surface area (Å²) < 4.78 is 0. The van der Waals surface area contributed by atoms with Crippen LogP contribution >= 0.6 is 0 Å². The number of amides is 9. The summed E-state index contributed by atoms with van der Waals surface area (Å²) in [5.41, 5.74) is 0.122. The normalized spacial score (nSPS) is 17.7. The van der Waals surface area contributed by atoms with Crippen molar-refractivity contribution in [3.8, 4) is 0 Å². The maximum absolute atomic E-state index is 14.5. The average Bonchev–Trinajstić information content (AvgIpc) is 3.77. The Bertz CT molecular complexity index is 2290. The van der Waals surface area contributed by atoms with Crippen LogP contribution in [0.15, 0.2) is 79.3 Å². The third-order valence-corrected chi connectivity index (χ3v) is 12.2. The molecule has 0 radical (unpaired) electrons. The summed E-state index contributed by atoms with van der Waals surface area (Å²) in [5.74, 6) is -7.26. The number of carbonyl (C=O) groups is 9. The summed E-state index contributed by atoms with van der Waals surface area (Å²) in [6.45, 7) is 6.02. The molecule has 1 aliphatic heterocycles. The highest BCUT2D eigenvalue weighted by atomic mass is 16.2. The average molecular weight is 952 g/mol. The van der Waals surface area contributed by atoms with E-state index in [1.165, 1.54) is 42.5 Å². The number of aromatic nitrogens is 2. The van der Waals surface area contributed by atoms with Crippen LogP contribution in [-0.4, -0.2) is 131 Å². The fourth-order valence-electron chi connectivity index (χ4n) is 8.42. The van der Waals surface area contributed by atoms with Gasteiger partial charge >= 0.3 is 6.03 Å². The summed E-state index contributed by atoms with van der Waals surface area (Å²) in [5, 5.41) is 19.0. The first kappa shape index (κ1) is 52.7. The van der Waals surface area contributed by atoms with Gasteiger partial charge in [0.1, 0.15) is 23.8 Å². The van der Waals surface area contributed by atoms with Crippen molar-refractivity contribution < 1.29 is 43.2 Å². The number of Topliss-reactive ketones (excluding diaryl/α,β-unsaturated/α-hetero) is 1. The first-order chi connectivity index (χ1) is 32.9. The van der Waals surface area contributed by atoms with Crippen LogP contribution in [0.3, 0.4) is 0 Å². The van der Waals surface area contributed by atoms with Gasteiger partial charge in [0.2, 0.25) is 35.3 Å². The number of para-hydroxylation sites is 1. The number of hydrogen-bond donors (Lipinski definition) is 7. The third-order valence-electron chi connectivity index (χ3n) is 12.2. The number of likely N-dealkylation sites (N-methyl/N-ethyl adjacent to an activating group) is 1. The molecule has 7 N–H and O–H groups in total. The van der Waals surface area contributed by atoms with E-state index in [-0.39, 0.29) is 31.1 Å². The third kappa shape index (κ3) is 14.9. The van der Waals surface area contributed by atoms with Gasteiger partial charge < -0.3 is 47.0 Å². The summed E-state index contributed by atoms with van der Waals surface area (Å²) in [6, 6.07) is 10.9. The fraction of sp³-hybridized carbons (Fsp3) is 0.490. The van der Waals surface area contributed by atoms with Crippen molar-refractivity contribution in [1.82, 2.24) is 51.7 Å². The number of likely N-dealkylation sites (tertiary alicyclic amines) is 1. The molecular weight excluding hydrogens is 887 g/mol. The number of nitrogens with zero attached hydrogens (tertiary/aromatic N) is 4. The number of benzene rings is 2. The lowest BCUT2D eigenvalue weighted by Crippen LogP contribution is -2.61. The molecule has 0 bridgehead atoms. The highest BCUT2D eigenvalue weighted by Gasteiger charge is 2.45. The number of carbonyl (C=O) groups excluding carboxylic acids is 9. The van der Waals surface area contributed by atoms with Gasteiger partial charge in [-0.25, -0.2) is 9.78 Å². The fourth-order valence-corrected chi connectivity index (χ4v) is 8.42. The largest absolute Gasteiger partial charge is 0.349 e. The van der Waals surface area contributed by atoms with Crippen molar-refractivity contribution in [3.05, 3.63) is 90.5 Å². The summed E-state index contributed by atoms with van der Waals surface area (Å²) in [4.78, 5) is 134. The molecule has 3 aromatic rings. The number of ketones is 1. The van der Waals surface area contributed by atoms with Crippen molar-refractivity contribution in [3.63, 3.8) is 0 Å². The molecule has 2 aliphatic rings. The first-order valence-electron chi connectivity index (χ1n) is 23.3. The summed E-state index contributed by atoms with van der Waals surface area (Å²) >= 11 is 0. The Morgan fingerprint density at radius 1 is 0.797 bits per heavy atom. The molecule has 20 heteroatoms. The van der Waals surface area contributed by atoms with Gasteiger partial charge in [0.05, 0.1) is 30.7 Å². The van der Waals surface area contributed by atoms with Gasteiger partial charge in [0.25, 0.3) is 11.8 Å². The lowest BCUT2D eigenvalue weighted by Gasteiger charge is -2.35. The van der Waals surface area contributed by atoms with Crippen LogP contribution in [0.1, 0.15) is 94.7 Å². The first-order valence-corrected chi connectivity index (χ1v) is 23.3. The van der Waals surface area contributed by atoms with Gasteiger partial charge in [0.15, 0.2) is 0 Å². The Morgan fingerprint density at radius 3 is 2.07 bits per heavy atom. The van der Waals surface area contributed by atoms with Crippen LogP contribution in [-0.2, 0) is 33.6 Å². The Hall–Kier alpha value is -7.25. The van der Waals surface area contributed by atoms with Gasteiger partial charge in [-0.3, -0.25) is 43.3 Å². The van der Waals surface area contributed by atoms with Crippen LogP contribution in [0.4, 0.5) is 10.5 Å². The maximum atomic E-state index is 14.5. The number of anilines is 1. The van der Waals surface area contributed by atoms with E-state index in [0.29, 0.717) is 30.5 Å². The van der Waals surface area contributed by atoms with Gasteiger partial charge in [-0.1, -0.05) is 102 Å².